The van der Waals surface area contributed by atoms with Crippen molar-refractivity contribution in [3.63, 3.8) is 0 Å². The second-order valence-corrected chi connectivity index (χ2v) is 16.0. The number of carbonyl (C=O) groups is 2. The van der Waals surface area contributed by atoms with Crippen LogP contribution in [-0.2, 0) is 32.7 Å². The van der Waals surface area contributed by atoms with E-state index in [9.17, 15) is 19.0 Å². The summed E-state index contributed by atoms with van der Waals surface area (Å²) in [5.74, 6) is -0.829. The summed E-state index contributed by atoms with van der Waals surface area (Å²) in [5.41, 5.74) is 5.34. The van der Waals surface area contributed by atoms with Gasteiger partial charge in [0.2, 0.25) is 0 Å². The van der Waals surface area contributed by atoms with Gasteiger partial charge < -0.3 is 20.1 Å². The fourth-order valence-corrected chi connectivity index (χ4v) is 6.92. The lowest BCUT2D eigenvalue weighted by molar-refractivity contribution is -0.161. The molecule has 0 fully saturated rings. The molecule has 0 bridgehead atoms. The van der Waals surface area contributed by atoms with E-state index in [0.29, 0.717) is 6.42 Å². The summed E-state index contributed by atoms with van der Waals surface area (Å²) >= 11 is 0. The Bertz CT molecular complexity index is 871. The Morgan fingerprint density at radius 2 is 0.942 bits per heavy atom. The lowest BCUT2D eigenvalue weighted by Crippen LogP contribution is -2.29. The number of rotatable bonds is 41. The molecule has 0 aromatic rings. The van der Waals surface area contributed by atoms with Gasteiger partial charge in [-0.2, -0.15) is 0 Å². The van der Waals surface area contributed by atoms with Crippen molar-refractivity contribution >= 4 is 19.8 Å². The number of nitrogens with two attached hydrogens (primary N) is 1. The number of carbonyl (C=O) groups excluding carboxylic acids is 2. The van der Waals surface area contributed by atoms with Crippen molar-refractivity contribution in [2.75, 3.05) is 26.4 Å². The van der Waals surface area contributed by atoms with Gasteiger partial charge in [-0.1, -0.05) is 174 Å². The zero-order chi connectivity index (χ0) is 38.2. The Balaban J connectivity index is 4.07. The molecule has 0 aliphatic heterocycles. The Hall–Kier alpha value is -1.25. The van der Waals surface area contributed by atoms with Crippen molar-refractivity contribution in [2.45, 2.75) is 219 Å². The number of ether oxygens (including phenoxy) is 2. The molecule has 0 spiro atoms. The van der Waals surface area contributed by atoms with Crippen LogP contribution in [0.2, 0.25) is 0 Å². The minimum absolute atomic E-state index is 0.0547. The van der Waals surface area contributed by atoms with E-state index in [1.165, 1.54) is 122 Å². The quantitative estimate of drug-likeness (QED) is 0.0270. The SMILES string of the molecule is CCCCC/C=C\CCCCCCCC(=O)O[C@H](COC(=O)CCCCCCCCCCCCCCCCCCCCC)COP(=O)(O)OCCN. The molecule has 0 amide bonds. The van der Waals surface area contributed by atoms with Gasteiger partial charge >= 0.3 is 19.8 Å². The fraction of sp³-hybridized carbons (Fsp3) is 0.905. The molecule has 52 heavy (non-hydrogen) atoms. The van der Waals surface area contributed by atoms with Crippen LogP contribution in [-0.4, -0.2) is 49.3 Å². The number of hydrogen-bond acceptors (Lipinski definition) is 8. The second-order valence-electron chi connectivity index (χ2n) is 14.6. The van der Waals surface area contributed by atoms with E-state index in [-0.39, 0.29) is 38.6 Å². The highest BCUT2D eigenvalue weighted by Gasteiger charge is 2.26. The van der Waals surface area contributed by atoms with Crippen molar-refractivity contribution in [1.29, 1.82) is 0 Å². The Labute approximate surface area is 319 Å². The van der Waals surface area contributed by atoms with Crippen LogP contribution in [0.1, 0.15) is 213 Å². The summed E-state index contributed by atoms with van der Waals surface area (Å²) in [6, 6.07) is 0. The number of hydrogen-bond donors (Lipinski definition) is 2. The topological polar surface area (TPSA) is 134 Å². The first-order valence-corrected chi connectivity index (χ1v) is 23.2. The van der Waals surface area contributed by atoms with E-state index in [1.54, 1.807) is 0 Å². The maximum Gasteiger partial charge on any atom is 0.472 e. The molecule has 0 rings (SSSR count). The van der Waals surface area contributed by atoms with Gasteiger partial charge in [0.05, 0.1) is 13.2 Å². The third-order valence-corrected chi connectivity index (χ3v) is 10.4. The van der Waals surface area contributed by atoms with Crippen LogP contribution in [0.3, 0.4) is 0 Å². The summed E-state index contributed by atoms with van der Waals surface area (Å²) < 4.78 is 32.7. The lowest BCUT2D eigenvalue weighted by atomic mass is 10.0. The summed E-state index contributed by atoms with van der Waals surface area (Å²) in [4.78, 5) is 34.8. The zero-order valence-corrected chi connectivity index (χ0v) is 34.7. The van der Waals surface area contributed by atoms with Gasteiger partial charge in [0.1, 0.15) is 6.61 Å². The molecular formula is C42H82NO8P. The minimum atomic E-state index is -4.37. The van der Waals surface area contributed by atoms with Crippen LogP contribution < -0.4 is 5.73 Å². The van der Waals surface area contributed by atoms with Gasteiger partial charge in [0, 0.05) is 19.4 Å². The van der Waals surface area contributed by atoms with E-state index >= 15 is 0 Å². The normalized spacial score (nSPS) is 13.4. The number of esters is 2. The van der Waals surface area contributed by atoms with Gasteiger partial charge in [0.15, 0.2) is 6.10 Å². The van der Waals surface area contributed by atoms with E-state index in [4.69, 9.17) is 24.3 Å². The molecule has 0 aromatic heterocycles. The molecule has 0 heterocycles. The second kappa shape index (κ2) is 39.4. The molecule has 0 radical (unpaired) electrons. The van der Waals surface area contributed by atoms with Gasteiger partial charge in [0.25, 0.3) is 0 Å². The lowest BCUT2D eigenvalue weighted by Gasteiger charge is -2.19. The predicted octanol–water partition coefficient (Wildman–Crippen LogP) is 12.2. The highest BCUT2D eigenvalue weighted by Crippen LogP contribution is 2.43. The van der Waals surface area contributed by atoms with E-state index in [2.05, 4.69) is 26.0 Å². The average molecular weight is 760 g/mol. The summed E-state index contributed by atoms with van der Waals surface area (Å²) in [5, 5.41) is 0. The standard InChI is InChI=1S/C42H82NO8P/c1-3-5-7-9-11-13-15-17-18-19-20-21-22-23-25-26-28-30-32-34-41(44)48-38-40(39-50-52(46,47)49-37-36-43)51-42(45)35-33-31-29-27-24-16-14-12-10-8-6-4-2/h12,14,40H,3-11,13,15-39,43H2,1-2H3,(H,46,47)/b14-12-/t40-/m1/s1. The molecule has 2 atom stereocenters. The highest BCUT2D eigenvalue weighted by molar-refractivity contribution is 7.47. The average Bonchev–Trinajstić information content (AvgIpc) is 3.13. The predicted molar refractivity (Wildman–Crippen MR) is 215 cm³/mol. The number of phosphoric ester groups is 1. The van der Waals surface area contributed by atoms with Crippen LogP contribution >= 0.6 is 7.82 Å². The minimum Gasteiger partial charge on any atom is -0.462 e. The van der Waals surface area contributed by atoms with Crippen LogP contribution in [0.25, 0.3) is 0 Å². The molecular weight excluding hydrogens is 677 g/mol. The summed E-state index contributed by atoms with van der Waals surface area (Å²) in [7, 11) is -4.37. The number of phosphoric acid groups is 1. The molecule has 0 aliphatic carbocycles. The first-order chi connectivity index (χ1) is 25.3. The van der Waals surface area contributed by atoms with Gasteiger partial charge in [-0.15, -0.1) is 0 Å². The first-order valence-electron chi connectivity index (χ1n) is 21.7. The van der Waals surface area contributed by atoms with Crippen molar-refractivity contribution in [3.8, 4) is 0 Å². The summed E-state index contributed by atoms with van der Waals surface area (Å²) in [6.07, 6.45) is 39.6. The van der Waals surface area contributed by atoms with Crippen LogP contribution in [0.4, 0.5) is 0 Å². The van der Waals surface area contributed by atoms with Gasteiger partial charge in [-0.3, -0.25) is 18.6 Å². The molecule has 0 aliphatic rings. The van der Waals surface area contributed by atoms with Crippen LogP contribution in [0.15, 0.2) is 12.2 Å². The maximum absolute atomic E-state index is 12.5. The van der Waals surface area contributed by atoms with Gasteiger partial charge in [-0.05, 0) is 38.5 Å². The summed E-state index contributed by atoms with van der Waals surface area (Å²) in [6.45, 7) is 3.72. The highest BCUT2D eigenvalue weighted by atomic mass is 31.2. The molecule has 3 N–H and O–H groups in total. The molecule has 1 unspecified atom stereocenters. The number of allylic oxidation sites excluding steroid dienone is 2. The monoisotopic (exact) mass is 760 g/mol. The van der Waals surface area contributed by atoms with E-state index < -0.39 is 26.5 Å². The smallest absolute Gasteiger partial charge is 0.462 e. The fourth-order valence-electron chi connectivity index (χ4n) is 6.16. The molecule has 308 valence electrons. The molecule has 0 aromatic carbocycles. The molecule has 9 nitrogen and oxygen atoms in total. The Morgan fingerprint density at radius 3 is 1.40 bits per heavy atom. The van der Waals surface area contributed by atoms with Crippen LogP contribution in [0.5, 0.6) is 0 Å². The van der Waals surface area contributed by atoms with Crippen molar-refractivity contribution in [2.24, 2.45) is 5.73 Å². The van der Waals surface area contributed by atoms with Crippen LogP contribution in [0, 0.1) is 0 Å². The largest absolute Gasteiger partial charge is 0.472 e. The Morgan fingerprint density at radius 1 is 0.558 bits per heavy atom. The van der Waals surface area contributed by atoms with Crippen molar-refractivity contribution in [1.82, 2.24) is 0 Å². The van der Waals surface area contributed by atoms with Crippen molar-refractivity contribution < 1.29 is 37.6 Å². The van der Waals surface area contributed by atoms with E-state index in [0.717, 1.165) is 57.8 Å². The first kappa shape index (κ1) is 50.8. The van der Waals surface area contributed by atoms with Gasteiger partial charge in [-0.25, -0.2) is 4.57 Å². The maximum atomic E-state index is 12.5. The van der Waals surface area contributed by atoms with Crippen molar-refractivity contribution in [3.05, 3.63) is 12.2 Å². The molecule has 10 heteroatoms. The number of unbranched alkanes of at least 4 members (excludes halogenated alkanes) is 26. The zero-order valence-electron chi connectivity index (χ0n) is 33.8. The third kappa shape index (κ3) is 38.5. The third-order valence-electron chi connectivity index (χ3n) is 9.40. The van der Waals surface area contributed by atoms with E-state index in [1.807, 2.05) is 0 Å². The molecule has 0 saturated heterocycles. The Kier molecular flexibility index (Phi) is 38.5. The molecule has 0 saturated carbocycles.